The molecule has 2 aromatic rings. The van der Waals surface area contributed by atoms with Crippen LogP contribution in [0.4, 0.5) is 0 Å². The van der Waals surface area contributed by atoms with Crippen LogP contribution in [0.15, 0.2) is 41.8 Å². The number of hydrogen-bond donors (Lipinski definition) is 1. The highest BCUT2D eigenvalue weighted by molar-refractivity contribution is 7.12. The van der Waals surface area contributed by atoms with E-state index in [1.807, 2.05) is 41.8 Å². The summed E-state index contributed by atoms with van der Waals surface area (Å²) >= 11 is 1.45. The third-order valence-electron chi connectivity index (χ3n) is 2.92. The minimum absolute atomic E-state index is 0.0387. The van der Waals surface area contributed by atoms with Gasteiger partial charge in [0.2, 0.25) is 0 Å². The third-order valence-corrected chi connectivity index (χ3v) is 3.78. The van der Waals surface area contributed by atoms with E-state index in [-0.39, 0.29) is 12.5 Å². The molecular weight excluding hydrogens is 282 g/mol. The highest BCUT2D eigenvalue weighted by Crippen LogP contribution is 2.13. The molecule has 1 aromatic carbocycles. The van der Waals surface area contributed by atoms with Gasteiger partial charge in [0.15, 0.2) is 0 Å². The maximum atomic E-state index is 12.1. The number of carbonyl (C=O) groups excluding carboxylic acids is 1. The first-order chi connectivity index (χ1) is 10.2. The Balaban J connectivity index is 1.97. The molecule has 0 radical (unpaired) electrons. The predicted octanol–water partition coefficient (Wildman–Crippen LogP) is 2.75. The van der Waals surface area contributed by atoms with Crippen LogP contribution in [-0.4, -0.2) is 29.6 Å². The van der Waals surface area contributed by atoms with E-state index in [0.29, 0.717) is 13.0 Å². The second kappa shape index (κ2) is 7.63. The quantitative estimate of drug-likeness (QED) is 0.882. The minimum Gasteiger partial charge on any atom is -0.395 e. The summed E-state index contributed by atoms with van der Waals surface area (Å²) < 4.78 is 0. The molecule has 0 aliphatic carbocycles. The van der Waals surface area contributed by atoms with E-state index in [1.54, 1.807) is 11.9 Å². The van der Waals surface area contributed by atoms with Gasteiger partial charge in [-0.2, -0.15) is 0 Å². The van der Waals surface area contributed by atoms with Crippen LogP contribution < -0.4 is 0 Å². The maximum absolute atomic E-state index is 12.1. The van der Waals surface area contributed by atoms with E-state index in [0.717, 1.165) is 16.0 Å². The number of aliphatic hydroxyl groups is 1. The molecule has 0 aliphatic heterocycles. The molecule has 0 saturated heterocycles. The van der Waals surface area contributed by atoms with Gasteiger partial charge in [-0.3, -0.25) is 4.79 Å². The molecule has 1 heterocycles. The molecule has 3 nitrogen and oxygen atoms in total. The zero-order chi connectivity index (χ0) is 15.1. The van der Waals surface area contributed by atoms with Crippen molar-refractivity contribution in [2.24, 2.45) is 0 Å². The Morgan fingerprint density at radius 1 is 1.29 bits per heavy atom. The van der Waals surface area contributed by atoms with E-state index in [2.05, 4.69) is 11.8 Å². The Bertz CT molecular complexity index is 636. The molecule has 0 spiro atoms. The summed E-state index contributed by atoms with van der Waals surface area (Å²) in [6.45, 7) is 0.655. The van der Waals surface area contributed by atoms with Crippen LogP contribution in [0.25, 0.3) is 0 Å². The van der Waals surface area contributed by atoms with Crippen LogP contribution in [0.3, 0.4) is 0 Å². The number of hydrogen-bond acceptors (Lipinski definition) is 3. The lowest BCUT2D eigenvalue weighted by atomic mass is 10.1. The average Bonchev–Trinajstić information content (AvgIpc) is 3.02. The largest absolute Gasteiger partial charge is 0.395 e. The Morgan fingerprint density at radius 2 is 2.05 bits per heavy atom. The van der Waals surface area contributed by atoms with Gasteiger partial charge in [0.25, 0.3) is 5.91 Å². The highest BCUT2D eigenvalue weighted by atomic mass is 32.1. The number of rotatable bonds is 4. The van der Waals surface area contributed by atoms with Gasteiger partial charge in [-0.05, 0) is 29.1 Å². The smallest absolute Gasteiger partial charge is 0.263 e. The molecule has 1 N–H and O–H groups in total. The molecule has 0 fully saturated rings. The van der Waals surface area contributed by atoms with Crippen LogP contribution in [0, 0.1) is 11.8 Å². The fraction of sp³-hybridized carbons (Fsp3) is 0.235. The summed E-state index contributed by atoms with van der Waals surface area (Å²) in [6, 6.07) is 11.5. The van der Waals surface area contributed by atoms with Crippen molar-refractivity contribution in [1.82, 2.24) is 4.90 Å². The molecule has 0 aliphatic rings. The zero-order valence-corrected chi connectivity index (χ0v) is 12.7. The van der Waals surface area contributed by atoms with Gasteiger partial charge in [0, 0.05) is 25.6 Å². The number of nitrogens with zero attached hydrogens (tertiary/aromatic N) is 1. The summed E-state index contributed by atoms with van der Waals surface area (Å²) in [5.41, 5.74) is 1.98. The predicted molar refractivity (Wildman–Crippen MR) is 85.1 cm³/mol. The monoisotopic (exact) mass is 299 g/mol. The number of amides is 1. The lowest BCUT2D eigenvalue weighted by molar-refractivity contribution is 0.0790. The summed E-state index contributed by atoms with van der Waals surface area (Å²) in [7, 11) is 1.80. The second-order valence-corrected chi connectivity index (χ2v) is 5.56. The van der Waals surface area contributed by atoms with Crippen LogP contribution in [0.5, 0.6) is 0 Å². The van der Waals surface area contributed by atoms with Crippen molar-refractivity contribution in [3.8, 4) is 11.8 Å². The number of thiophene rings is 1. The average molecular weight is 299 g/mol. The van der Waals surface area contributed by atoms with Crippen LogP contribution in [0.1, 0.15) is 27.2 Å². The molecule has 0 bridgehead atoms. The molecular formula is C17H17NO2S. The molecule has 21 heavy (non-hydrogen) atoms. The SMILES string of the molecule is CN(Cc1ccc(C#CCCO)cc1)C(=O)c1cccs1. The van der Waals surface area contributed by atoms with Crippen molar-refractivity contribution >= 4 is 17.2 Å². The van der Waals surface area contributed by atoms with Gasteiger partial charge in [0.1, 0.15) is 0 Å². The molecule has 4 heteroatoms. The summed E-state index contributed by atoms with van der Waals surface area (Å²) in [6.07, 6.45) is 0.486. The van der Waals surface area contributed by atoms with Gasteiger partial charge in [-0.25, -0.2) is 0 Å². The second-order valence-electron chi connectivity index (χ2n) is 4.61. The lowest BCUT2D eigenvalue weighted by Gasteiger charge is -2.16. The lowest BCUT2D eigenvalue weighted by Crippen LogP contribution is -2.25. The Labute approximate surface area is 128 Å². The number of carbonyl (C=O) groups is 1. The van der Waals surface area contributed by atoms with Gasteiger partial charge in [-0.15, -0.1) is 11.3 Å². The van der Waals surface area contributed by atoms with Crippen molar-refractivity contribution in [1.29, 1.82) is 0 Å². The highest BCUT2D eigenvalue weighted by Gasteiger charge is 2.12. The van der Waals surface area contributed by atoms with Crippen molar-refractivity contribution < 1.29 is 9.90 Å². The van der Waals surface area contributed by atoms with Crippen molar-refractivity contribution in [3.05, 3.63) is 57.8 Å². The Hall–Kier alpha value is -2.09. The Morgan fingerprint density at radius 3 is 2.67 bits per heavy atom. The van der Waals surface area contributed by atoms with Crippen LogP contribution >= 0.6 is 11.3 Å². The van der Waals surface area contributed by atoms with Gasteiger partial charge in [0.05, 0.1) is 11.5 Å². The first kappa shape index (κ1) is 15.3. The molecule has 1 aromatic heterocycles. The molecule has 108 valence electrons. The van der Waals surface area contributed by atoms with E-state index >= 15 is 0 Å². The van der Waals surface area contributed by atoms with Crippen LogP contribution in [-0.2, 0) is 6.54 Å². The standard InChI is InChI=1S/C17H17NO2S/c1-18(17(20)16-6-4-12-21-16)13-15-9-7-14(8-10-15)5-2-3-11-19/h4,6-10,12,19H,3,11,13H2,1H3. The first-order valence-corrected chi connectivity index (χ1v) is 7.56. The molecule has 0 atom stereocenters. The summed E-state index contributed by atoms with van der Waals surface area (Å²) in [4.78, 5) is 14.6. The van der Waals surface area contributed by atoms with E-state index in [4.69, 9.17) is 5.11 Å². The van der Waals surface area contributed by atoms with Gasteiger partial charge in [-0.1, -0.05) is 30.0 Å². The summed E-state index contributed by atoms with van der Waals surface area (Å²) in [5, 5.41) is 10.6. The molecule has 0 saturated carbocycles. The molecule has 0 unspecified atom stereocenters. The fourth-order valence-electron chi connectivity index (χ4n) is 1.85. The van der Waals surface area contributed by atoms with Gasteiger partial charge < -0.3 is 10.0 Å². The third kappa shape index (κ3) is 4.45. The topological polar surface area (TPSA) is 40.5 Å². The van der Waals surface area contributed by atoms with E-state index in [1.165, 1.54) is 11.3 Å². The van der Waals surface area contributed by atoms with Crippen molar-refractivity contribution in [2.45, 2.75) is 13.0 Å². The van der Waals surface area contributed by atoms with Crippen molar-refractivity contribution in [2.75, 3.05) is 13.7 Å². The zero-order valence-electron chi connectivity index (χ0n) is 11.9. The number of benzene rings is 1. The van der Waals surface area contributed by atoms with Crippen molar-refractivity contribution in [3.63, 3.8) is 0 Å². The number of aliphatic hydroxyl groups excluding tert-OH is 1. The Kier molecular flexibility index (Phi) is 5.56. The molecule has 1 amide bonds. The maximum Gasteiger partial charge on any atom is 0.263 e. The first-order valence-electron chi connectivity index (χ1n) is 6.68. The summed E-state index contributed by atoms with van der Waals surface area (Å²) in [5.74, 6) is 5.91. The van der Waals surface area contributed by atoms with E-state index < -0.39 is 0 Å². The molecule has 2 rings (SSSR count). The van der Waals surface area contributed by atoms with Gasteiger partial charge >= 0.3 is 0 Å². The minimum atomic E-state index is 0.0387. The fourth-order valence-corrected chi connectivity index (χ4v) is 2.57. The van der Waals surface area contributed by atoms with Crippen LogP contribution in [0.2, 0.25) is 0 Å². The van der Waals surface area contributed by atoms with E-state index in [9.17, 15) is 4.79 Å². The normalized spacial score (nSPS) is 9.81.